The molecular weight excluding hydrogens is 246 g/mol. The van der Waals surface area contributed by atoms with Gasteiger partial charge in [0, 0.05) is 24.8 Å². The summed E-state index contributed by atoms with van der Waals surface area (Å²) in [4.78, 5) is 2.44. The molecule has 2 unspecified atom stereocenters. The van der Waals surface area contributed by atoms with E-state index in [1.54, 1.807) is 0 Å². The Kier molecular flexibility index (Phi) is 5.03. The molecule has 1 aromatic rings. The topological polar surface area (TPSA) is 39.1 Å². The maximum absolute atomic E-state index is 9.22. The smallest absolute Gasteiger partial charge is 0.0971 e. The van der Waals surface area contributed by atoms with Gasteiger partial charge < -0.3 is 4.90 Å². The van der Waals surface area contributed by atoms with E-state index in [2.05, 4.69) is 61.3 Å². The second-order valence-corrected chi connectivity index (χ2v) is 6.18. The van der Waals surface area contributed by atoms with E-state index in [0.717, 1.165) is 19.5 Å². The maximum atomic E-state index is 9.22. The summed E-state index contributed by atoms with van der Waals surface area (Å²) >= 11 is 0. The summed E-state index contributed by atoms with van der Waals surface area (Å²) in [6, 6.07) is 11.3. The molecule has 0 saturated carbocycles. The molecule has 0 spiro atoms. The van der Waals surface area contributed by atoms with Crippen LogP contribution in [0.2, 0.25) is 0 Å². The van der Waals surface area contributed by atoms with Crippen molar-refractivity contribution in [2.45, 2.75) is 45.7 Å². The molecule has 0 saturated heterocycles. The Balaban J connectivity index is 2.01. The van der Waals surface area contributed by atoms with Gasteiger partial charge in [0.1, 0.15) is 0 Å². The third-order valence-corrected chi connectivity index (χ3v) is 3.81. The minimum atomic E-state index is -0.0561. The number of rotatable bonds is 5. The standard InChI is InChI=1S/C17H25N3/c1-13(2)19-16(11-18)8-9-20-12-14(3)10-15-6-4-5-7-17(15)20/h4-7,13-14,16,19H,8-10,12H2,1-3H3. The molecule has 108 valence electrons. The van der Waals surface area contributed by atoms with Crippen LogP contribution in [0.15, 0.2) is 24.3 Å². The summed E-state index contributed by atoms with van der Waals surface area (Å²) in [7, 11) is 0. The number of para-hydroxylation sites is 1. The molecule has 20 heavy (non-hydrogen) atoms. The fraction of sp³-hybridized carbons (Fsp3) is 0.588. The number of nitriles is 1. The summed E-state index contributed by atoms with van der Waals surface area (Å²) < 4.78 is 0. The minimum absolute atomic E-state index is 0.0561. The molecule has 1 aliphatic heterocycles. The van der Waals surface area contributed by atoms with E-state index >= 15 is 0 Å². The molecule has 2 atom stereocenters. The molecule has 1 aliphatic rings. The number of nitrogens with zero attached hydrogens (tertiary/aromatic N) is 2. The molecule has 0 fully saturated rings. The monoisotopic (exact) mass is 271 g/mol. The summed E-state index contributed by atoms with van der Waals surface area (Å²) in [5.74, 6) is 0.684. The lowest BCUT2D eigenvalue weighted by Crippen LogP contribution is -2.40. The number of benzene rings is 1. The van der Waals surface area contributed by atoms with Gasteiger partial charge in [-0.05, 0) is 44.2 Å². The summed E-state index contributed by atoms with van der Waals surface area (Å²) in [6.07, 6.45) is 2.04. The van der Waals surface area contributed by atoms with Crippen LogP contribution in [-0.2, 0) is 6.42 Å². The van der Waals surface area contributed by atoms with Gasteiger partial charge in [-0.25, -0.2) is 0 Å². The molecule has 0 amide bonds. The van der Waals surface area contributed by atoms with Gasteiger partial charge in [-0.2, -0.15) is 5.26 Å². The molecular formula is C17H25N3. The first-order valence-corrected chi connectivity index (χ1v) is 7.58. The third kappa shape index (κ3) is 3.74. The van der Waals surface area contributed by atoms with Gasteiger partial charge in [0.05, 0.1) is 12.1 Å². The summed E-state index contributed by atoms with van der Waals surface area (Å²) in [5, 5.41) is 12.5. The molecule has 1 N–H and O–H groups in total. The van der Waals surface area contributed by atoms with Gasteiger partial charge in [-0.3, -0.25) is 5.32 Å². The normalized spacial score (nSPS) is 19.6. The van der Waals surface area contributed by atoms with Gasteiger partial charge in [0.2, 0.25) is 0 Å². The molecule has 3 heteroatoms. The minimum Gasteiger partial charge on any atom is -0.371 e. The lowest BCUT2D eigenvalue weighted by Gasteiger charge is -2.35. The van der Waals surface area contributed by atoms with Crippen LogP contribution in [0.5, 0.6) is 0 Å². The highest BCUT2D eigenvalue weighted by atomic mass is 15.1. The van der Waals surface area contributed by atoms with E-state index in [4.69, 9.17) is 0 Å². The number of nitrogens with one attached hydrogen (secondary N) is 1. The highest BCUT2D eigenvalue weighted by Crippen LogP contribution is 2.29. The third-order valence-electron chi connectivity index (χ3n) is 3.81. The van der Waals surface area contributed by atoms with Crippen molar-refractivity contribution in [3.63, 3.8) is 0 Å². The second kappa shape index (κ2) is 6.76. The molecule has 2 rings (SSSR count). The van der Waals surface area contributed by atoms with E-state index < -0.39 is 0 Å². The number of anilines is 1. The van der Waals surface area contributed by atoms with Crippen LogP contribution in [0.1, 0.15) is 32.8 Å². The Morgan fingerprint density at radius 2 is 2.15 bits per heavy atom. The average Bonchev–Trinajstić information content (AvgIpc) is 2.42. The molecule has 0 aliphatic carbocycles. The predicted molar refractivity (Wildman–Crippen MR) is 83.8 cm³/mol. The lowest BCUT2D eigenvalue weighted by atomic mass is 9.93. The van der Waals surface area contributed by atoms with Crippen molar-refractivity contribution in [3.05, 3.63) is 29.8 Å². The Labute approximate surface area is 122 Å². The Morgan fingerprint density at radius 1 is 1.40 bits per heavy atom. The van der Waals surface area contributed by atoms with Crippen molar-refractivity contribution < 1.29 is 0 Å². The van der Waals surface area contributed by atoms with Gasteiger partial charge in [-0.1, -0.05) is 25.1 Å². The van der Waals surface area contributed by atoms with Gasteiger partial charge in [0.25, 0.3) is 0 Å². The SMILES string of the molecule is CC1Cc2ccccc2N(CCC(C#N)NC(C)C)C1. The highest BCUT2D eigenvalue weighted by Gasteiger charge is 2.22. The van der Waals surface area contributed by atoms with Crippen LogP contribution < -0.4 is 10.2 Å². The van der Waals surface area contributed by atoms with Crippen LogP contribution in [0.4, 0.5) is 5.69 Å². The number of hydrogen-bond acceptors (Lipinski definition) is 3. The summed E-state index contributed by atoms with van der Waals surface area (Å²) in [6.45, 7) is 8.51. The quantitative estimate of drug-likeness (QED) is 0.895. The van der Waals surface area contributed by atoms with Crippen molar-refractivity contribution in [2.24, 2.45) is 5.92 Å². The molecule has 1 aromatic carbocycles. The zero-order chi connectivity index (χ0) is 14.5. The fourth-order valence-electron chi connectivity index (χ4n) is 2.99. The van der Waals surface area contributed by atoms with E-state index in [9.17, 15) is 5.26 Å². The first-order valence-electron chi connectivity index (χ1n) is 7.58. The largest absolute Gasteiger partial charge is 0.371 e. The van der Waals surface area contributed by atoms with Crippen LogP contribution in [0.25, 0.3) is 0 Å². The highest BCUT2D eigenvalue weighted by molar-refractivity contribution is 5.55. The molecule has 3 nitrogen and oxygen atoms in total. The molecule has 0 bridgehead atoms. The number of fused-ring (bicyclic) bond motifs is 1. The molecule has 1 heterocycles. The average molecular weight is 271 g/mol. The van der Waals surface area contributed by atoms with Crippen molar-refractivity contribution in [2.75, 3.05) is 18.0 Å². The lowest BCUT2D eigenvalue weighted by molar-refractivity contribution is 0.480. The van der Waals surface area contributed by atoms with Crippen LogP contribution >= 0.6 is 0 Å². The van der Waals surface area contributed by atoms with Gasteiger partial charge in [0.15, 0.2) is 0 Å². The Morgan fingerprint density at radius 3 is 2.85 bits per heavy atom. The van der Waals surface area contributed by atoms with Crippen molar-refractivity contribution >= 4 is 5.69 Å². The van der Waals surface area contributed by atoms with Crippen molar-refractivity contribution in [3.8, 4) is 6.07 Å². The Hall–Kier alpha value is -1.53. The van der Waals surface area contributed by atoms with E-state index in [1.807, 2.05) is 0 Å². The summed E-state index contributed by atoms with van der Waals surface area (Å²) in [5.41, 5.74) is 2.79. The van der Waals surface area contributed by atoms with Crippen LogP contribution in [-0.4, -0.2) is 25.2 Å². The predicted octanol–water partition coefficient (Wildman–Crippen LogP) is 2.97. The van der Waals surface area contributed by atoms with Crippen molar-refractivity contribution in [1.82, 2.24) is 5.32 Å². The maximum Gasteiger partial charge on any atom is 0.0971 e. The Bertz CT molecular complexity index is 475. The van der Waals surface area contributed by atoms with Crippen LogP contribution in [0.3, 0.4) is 0 Å². The molecule has 0 radical (unpaired) electrons. The van der Waals surface area contributed by atoms with Crippen molar-refractivity contribution in [1.29, 1.82) is 5.26 Å². The first-order chi connectivity index (χ1) is 9.60. The van der Waals surface area contributed by atoms with Crippen LogP contribution in [0, 0.1) is 17.2 Å². The van der Waals surface area contributed by atoms with E-state index in [1.165, 1.54) is 17.7 Å². The molecule has 0 aromatic heterocycles. The van der Waals surface area contributed by atoms with Gasteiger partial charge >= 0.3 is 0 Å². The fourth-order valence-corrected chi connectivity index (χ4v) is 2.99. The van der Waals surface area contributed by atoms with E-state index in [-0.39, 0.29) is 6.04 Å². The van der Waals surface area contributed by atoms with Gasteiger partial charge in [-0.15, -0.1) is 0 Å². The first kappa shape index (κ1) is 14.9. The zero-order valence-corrected chi connectivity index (χ0v) is 12.8. The zero-order valence-electron chi connectivity index (χ0n) is 12.8. The van der Waals surface area contributed by atoms with E-state index in [0.29, 0.717) is 12.0 Å². The number of hydrogen-bond donors (Lipinski definition) is 1. The second-order valence-electron chi connectivity index (χ2n) is 6.18.